The first-order valence-corrected chi connectivity index (χ1v) is 20.6. The number of carboxylic acids is 1. The molecule has 0 amide bonds. The number of hydrogen-bond donors (Lipinski definition) is 1. The number of ether oxygens (including phenoxy) is 2. The van der Waals surface area contributed by atoms with Crippen LogP contribution in [-0.2, 0) is 0 Å². The summed E-state index contributed by atoms with van der Waals surface area (Å²) in [6.45, 7) is 0.754. The molecule has 0 radical (unpaired) electrons. The van der Waals surface area contributed by atoms with Crippen molar-refractivity contribution in [2.45, 2.75) is 12.8 Å². The molecular weight excluding hydrogens is 698 g/mol. The Morgan fingerprint density at radius 1 is 0.655 bits per heavy atom. The second-order valence-corrected chi connectivity index (χ2v) is 17.2. The van der Waals surface area contributed by atoms with E-state index in [2.05, 4.69) is 121 Å². The average Bonchev–Trinajstić information content (AvgIpc) is 3.25. The number of benzene rings is 6. The van der Waals surface area contributed by atoms with Crippen molar-refractivity contribution in [1.29, 1.82) is 0 Å². The number of rotatable bonds is 11. The van der Waals surface area contributed by atoms with Crippen LogP contribution in [0.5, 0.6) is 17.2 Å². The largest absolute Gasteiger partial charge is 0.497 e. The molecule has 6 aromatic carbocycles. The Balaban J connectivity index is 1.04. The van der Waals surface area contributed by atoms with Crippen molar-refractivity contribution in [3.8, 4) is 17.2 Å². The number of methoxy groups -OCH3 is 1. The highest BCUT2D eigenvalue weighted by molar-refractivity contribution is 7.95. The molecule has 0 unspecified atom stereocenters. The highest BCUT2D eigenvalue weighted by Crippen LogP contribution is 2.56. The fraction of sp³-hybridized carbons (Fsp3) is 0.102. The van der Waals surface area contributed by atoms with E-state index in [4.69, 9.17) is 14.5 Å². The Hall–Kier alpha value is -6.29. The third-order valence-corrected chi connectivity index (χ3v) is 14.9. The summed E-state index contributed by atoms with van der Waals surface area (Å²) in [6.07, 6.45) is 11.5. The SMILES string of the molecule is COc1ccc2c(c1)Oc1cc(=C3C=CC(=NCCCC[P+](c4ccccc4)(c4ccccc4)c4ccccc4)C=C3)ccc1=C2c1ccccc1C(=O)O. The Bertz CT molecular complexity index is 2460. The summed E-state index contributed by atoms with van der Waals surface area (Å²) in [5.41, 5.74) is 4.49. The number of hydrogen-bond acceptors (Lipinski definition) is 4. The zero-order valence-corrected chi connectivity index (χ0v) is 31.5. The molecule has 2 aliphatic rings. The molecule has 270 valence electrons. The Kier molecular flexibility index (Phi) is 10.4. The van der Waals surface area contributed by atoms with Gasteiger partial charge in [0.15, 0.2) is 0 Å². The smallest absolute Gasteiger partial charge is 0.336 e. The van der Waals surface area contributed by atoms with Crippen LogP contribution in [0.2, 0.25) is 0 Å². The lowest BCUT2D eigenvalue weighted by molar-refractivity contribution is 0.0696. The molecular formula is C49H41NO4P+. The molecule has 0 bridgehead atoms. The lowest BCUT2D eigenvalue weighted by atomic mass is 9.89. The summed E-state index contributed by atoms with van der Waals surface area (Å²) in [5.74, 6) is 0.953. The first kappa shape index (κ1) is 35.7. The summed E-state index contributed by atoms with van der Waals surface area (Å²) >= 11 is 0. The molecule has 0 aromatic heterocycles. The van der Waals surface area contributed by atoms with Crippen molar-refractivity contribution in [2.24, 2.45) is 4.99 Å². The van der Waals surface area contributed by atoms with Gasteiger partial charge in [0.25, 0.3) is 0 Å². The number of fused-ring (bicyclic) bond motifs is 2. The average molecular weight is 739 g/mol. The molecule has 0 saturated carbocycles. The van der Waals surface area contributed by atoms with E-state index in [-0.39, 0.29) is 5.56 Å². The van der Waals surface area contributed by atoms with Gasteiger partial charge in [-0.1, -0.05) is 91.0 Å². The van der Waals surface area contributed by atoms with E-state index < -0.39 is 13.2 Å². The van der Waals surface area contributed by atoms with Gasteiger partial charge >= 0.3 is 5.97 Å². The van der Waals surface area contributed by atoms with Crippen molar-refractivity contribution >= 4 is 46.0 Å². The number of allylic oxidation sites excluding steroid dienone is 4. The maximum absolute atomic E-state index is 12.3. The number of nitrogens with zero attached hydrogens (tertiary/aromatic N) is 1. The monoisotopic (exact) mass is 738 g/mol. The number of aliphatic imine (C=N–C) groups is 1. The maximum Gasteiger partial charge on any atom is 0.336 e. The molecule has 1 aliphatic heterocycles. The molecule has 0 fully saturated rings. The van der Waals surface area contributed by atoms with Gasteiger partial charge in [0.05, 0.1) is 24.5 Å². The van der Waals surface area contributed by atoms with Gasteiger partial charge in [-0.05, 0) is 108 Å². The van der Waals surface area contributed by atoms with E-state index >= 15 is 0 Å². The fourth-order valence-electron chi connectivity index (χ4n) is 7.66. The Labute approximate surface area is 322 Å². The number of carbonyl (C=O) groups is 1. The Morgan fingerprint density at radius 3 is 1.89 bits per heavy atom. The Morgan fingerprint density at radius 2 is 1.27 bits per heavy atom. The van der Waals surface area contributed by atoms with Crippen LogP contribution in [0.3, 0.4) is 0 Å². The summed E-state index contributed by atoms with van der Waals surface area (Å²) in [7, 11) is -0.234. The molecule has 1 heterocycles. The lowest BCUT2D eigenvalue weighted by Gasteiger charge is -2.27. The third kappa shape index (κ3) is 7.19. The van der Waals surface area contributed by atoms with Gasteiger partial charge in [-0.3, -0.25) is 4.99 Å². The zero-order valence-electron chi connectivity index (χ0n) is 30.6. The predicted molar refractivity (Wildman–Crippen MR) is 227 cm³/mol. The minimum Gasteiger partial charge on any atom is -0.497 e. The van der Waals surface area contributed by atoms with E-state index in [0.29, 0.717) is 22.8 Å². The van der Waals surface area contributed by atoms with Crippen molar-refractivity contribution in [2.75, 3.05) is 19.8 Å². The van der Waals surface area contributed by atoms with Crippen LogP contribution in [0, 0.1) is 0 Å². The van der Waals surface area contributed by atoms with Gasteiger partial charge in [-0.25, -0.2) is 4.79 Å². The molecule has 6 heteroatoms. The first-order valence-electron chi connectivity index (χ1n) is 18.6. The summed E-state index contributed by atoms with van der Waals surface area (Å²) < 4.78 is 12.0. The molecule has 0 saturated heterocycles. The molecule has 1 N–H and O–H groups in total. The van der Waals surface area contributed by atoms with Gasteiger partial charge in [0.1, 0.15) is 40.4 Å². The van der Waals surface area contributed by atoms with Crippen LogP contribution in [0.4, 0.5) is 0 Å². The second-order valence-electron chi connectivity index (χ2n) is 13.6. The number of unbranched alkanes of at least 4 members (excludes halogenated alkanes) is 1. The normalized spacial score (nSPS) is 13.1. The van der Waals surface area contributed by atoms with Gasteiger partial charge in [0, 0.05) is 29.0 Å². The molecule has 1 aliphatic carbocycles. The van der Waals surface area contributed by atoms with Gasteiger partial charge in [0.2, 0.25) is 0 Å². The van der Waals surface area contributed by atoms with Crippen molar-refractivity contribution < 1.29 is 19.4 Å². The summed E-state index contributed by atoms with van der Waals surface area (Å²) in [6, 6.07) is 52.0. The fourth-order valence-corrected chi connectivity index (χ4v) is 12.1. The van der Waals surface area contributed by atoms with Gasteiger partial charge in [-0.2, -0.15) is 0 Å². The first-order chi connectivity index (χ1) is 27.0. The predicted octanol–water partition coefficient (Wildman–Crippen LogP) is 8.24. The van der Waals surface area contributed by atoms with Gasteiger partial charge in [-0.15, -0.1) is 0 Å². The van der Waals surface area contributed by atoms with E-state index in [0.717, 1.165) is 58.4 Å². The van der Waals surface area contributed by atoms with Crippen LogP contribution >= 0.6 is 7.26 Å². The van der Waals surface area contributed by atoms with Gasteiger partial charge < -0.3 is 14.6 Å². The van der Waals surface area contributed by atoms with Crippen molar-refractivity contribution in [3.05, 3.63) is 203 Å². The summed E-state index contributed by atoms with van der Waals surface area (Å²) in [5, 5.41) is 16.1. The molecule has 8 rings (SSSR count). The van der Waals surface area contributed by atoms with Crippen LogP contribution < -0.4 is 35.8 Å². The summed E-state index contributed by atoms with van der Waals surface area (Å²) in [4.78, 5) is 17.3. The molecule has 0 atom stereocenters. The standard InChI is InChI=1S/C49H40NO4P/c1-53-38-28-30-45-47(34-38)54-46-33-36(25-29-44(46)48(45)42-21-11-12-22-43(42)49(51)52)35-23-26-37(27-24-35)50-31-13-14-32-55(39-15-5-2-6-16-39,40-17-7-3-8-18-40)41-19-9-4-10-20-41/h2-12,15-30,33-34H,13-14,31-32H2,1H3/p+1. The second kappa shape index (κ2) is 16.0. The highest BCUT2D eigenvalue weighted by Gasteiger charge is 2.44. The van der Waals surface area contributed by atoms with Crippen molar-refractivity contribution in [1.82, 2.24) is 0 Å². The molecule has 5 nitrogen and oxygen atoms in total. The minimum absolute atomic E-state index is 0.236. The van der Waals surface area contributed by atoms with E-state index in [1.807, 2.05) is 42.5 Å². The molecule has 0 spiro atoms. The van der Waals surface area contributed by atoms with Crippen LogP contribution in [0.25, 0.3) is 11.1 Å². The van der Waals surface area contributed by atoms with Crippen molar-refractivity contribution in [3.63, 3.8) is 0 Å². The molecule has 55 heavy (non-hydrogen) atoms. The van der Waals surface area contributed by atoms with Crippen LogP contribution in [-0.4, -0.2) is 36.6 Å². The molecule has 6 aromatic rings. The maximum atomic E-state index is 12.3. The topological polar surface area (TPSA) is 68.1 Å². The van der Waals surface area contributed by atoms with E-state index in [9.17, 15) is 9.90 Å². The number of carboxylic acid groups (broad SMARTS) is 1. The minimum atomic E-state index is -1.85. The van der Waals surface area contributed by atoms with E-state index in [1.165, 1.54) is 15.9 Å². The third-order valence-electron chi connectivity index (χ3n) is 10.3. The number of aromatic carboxylic acids is 1. The zero-order chi connectivity index (χ0) is 37.6. The van der Waals surface area contributed by atoms with Crippen LogP contribution in [0.1, 0.15) is 34.3 Å². The quantitative estimate of drug-likeness (QED) is 0.107. The van der Waals surface area contributed by atoms with E-state index in [1.54, 1.807) is 19.2 Å². The lowest BCUT2D eigenvalue weighted by Crippen LogP contribution is -2.33. The van der Waals surface area contributed by atoms with Crippen LogP contribution in [0.15, 0.2) is 181 Å². The highest BCUT2D eigenvalue weighted by atomic mass is 31.2.